The zero-order valence-corrected chi connectivity index (χ0v) is 18.8. The van der Waals surface area contributed by atoms with E-state index in [2.05, 4.69) is 16.4 Å². The number of methoxy groups -OCH3 is 2. The molecule has 0 aliphatic heterocycles. The van der Waals surface area contributed by atoms with Crippen LogP contribution in [-0.4, -0.2) is 26.1 Å². The molecule has 0 saturated carbocycles. The van der Waals surface area contributed by atoms with Crippen molar-refractivity contribution in [3.8, 4) is 17.6 Å². The average molecular weight is 439 g/mol. The van der Waals surface area contributed by atoms with Gasteiger partial charge in [-0.15, -0.1) is 0 Å². The van der Waals surface area contributed by atoms with Crippen LogP contribution in [-0.2, 0) is 19.8 Å². The summed E-state index contributed by atoms with van der Waals surface area (Å²) < 4.78 is 10.5. The first-order valence-electron chi connectivity index (χ1n) is 10.7. The van der Waals surface area contributed by atoms with Crippen LogP contribution in [0.25, 0.3) is 0 Å². The summed E-state index contributed by atoms with van der Waals surface area (Å²) in [7, 11) is 3.21. The van der Waals surface area contributed by atoms with Gasteiger partial charge in [-0.25, -0.2) is 4.79 Å². The van der Waals surface area contributed by atoms with Crippen molar-refractivity contribution < 1.29 is 23.9 Å². The second-order valence-electron chi connectivity index (χ2n) is 7.39. The van der Waals surface area contributed by atoms with E-state index in [-0.39, 0.29) is 18.7 Å². The van der Waals surface area contributed by atoms with Crippen LogP contribution in [0.4, 0.5) is 0 Å². The Hall–Kier alpha value is -3.53. The summed E-state index contributed by atoms with van der Waals surface area (Å²) in [5.41, 5.74) is 3.09. The molecule has 1 amide bonds. The van der Waals surface area contributed by atoms with Gasteiger partial charge in [-0.1, -0.05) is 44.0 Å². The van der Waals surface area contributed by atoms with Gasteiger partial charge in [-0.2, -0.15) is 10.7 Å². The number of nitrogens with zero attached hydrogens (tertiary/aromatic N) is 1. The molecule has 0 aliphatic carbocycles. The van der Waals surface area contributed by atoms with Crippen molar-refractivity contribution in [1.82, 2.24) is 5.48 Å². The quantitative estimate of drug-likeness (QED) is 0.411. The molecule has 0 spiro atoms. The highest BCUT2D eigenvalue weighted by Gasteiger charge is 2.34. The van der Waals surface area contributed by atoms with E-state index in [0.29, 0.717) is 12.8 Å². The minimum absolute atomic E-state index is 0.202. The second kappa shape index (κ2) is 12.4. The lowest BCUT2D eigenvalue weighted by Crippen LogP contribution is -2.27. The Bertz CT molecular complexity index is 869. The van der Waals surface area contributed by atoms with Crippen molar-refractivity contribution in [2.75, 3.05) is 14.2 Å². The van der Waals surface area contributed by atoms with Crippen LogP contribution in [0.2, 0.25) is 0 Å². The van der Waals surface area contributed by atoms with Crippen molar-refractivity contribution in [2.45, 2.75) is 50.9 Å². The number of hydroxylamine groups is 1. The van der Waals surface area contributed by atoms with E-state index in [4.69, 9.17) is 9.47 Å². The number of benzene rings is 2. The topological polar surface area (TPSA) is 97.7 Å². The molecule has 0 atom stereocenters. The normalized spacial score (nSPS) is 10.7. The van der Waals surface area contributed by atoms with Crippen LogP contribution in [0.5, 0.6) is 11.5 Å². The van der Waals surface area contributed by atoms with Crippen LogP contribution in [0.3, 0.4) is 0 Å². The number of rotatable bonds is 11. The molecule has 1 N–H and O–H groups in total. The summed E-state index contributed by atoms with van der Waals surface area (Å²) in [5.74, 6) is 0.648. The number of ether oxygens (including phenoxy) is 2. The Morgan fingerprint density at radius 3 is 1.88 bits per heavy atom. The number of carbonyl (C=O) groups excluding carboxylic acids is 2. The molecule has 0 bridgehead atoms. The van der Waals surface area contributed by atoms with Gasteiger partial charge in [0.15, 0.2) is 0 Å². The fraction of sp³-hybridized carbons (Fsp3) is 0.400. The SMILES string of the molecule is CCC(=O)ONC(=O)CCCCCC(C#N)(c1ccc(OC)cc1)c1ccc(OC)cc1. The fourth-order valence-electron chi connectivity index (χ4n) is 3.48. The van der Waals surface area contributed by atoms with Crippen LogP contribution in [0.15, 0.2) is 48.5 Å². The third-order valence-corrected chi connectivity index (χ3v) is 5.38. The molecule has 0 aliphatic rings. The van der Waals surface area contributed by atoms with Crippen molar-refractivity contribution in [1.29, 1.82) is 5.26 Å². The number of unbranched alkanes of at least 4 members (excludes halogenated alkanes) is 2. The van der Waals surface area contributed by atoms with Gasteiger partial charge in [-0.3, -0.25) is 4.79 Å². The molecule has 0 heterocycles. The Kier molecular flexibility index (Phi) is 9.55. The molecule has 7 nitrogen and oxygen atoms in total. The van der Waals surface area contributed by atoms with E-state index >= 15 is 0 Å². The predicted molar refractivity (Wildman–Crippen MR) is 120 cm³/mol. The van der Waals surface area contributed by atoms with Gasteiger partial charge in [0, 0.05) is 12.8 Å². The second-order valence-corrected chi connectivity index (χ2v) is 7.39. The van der Waals surface area contributed by atoms with Crippen LogP contribution >= 0.6 is 0 Å². The van der Waals surface area contributed by atoms with Gasteiger partial charge < -0.3 is 14.3 Å². The summed E-state index contributed by atoms with van der Waals surface area (Å²) >= 11 is 0. The van der Waals surface area contributed by atoms with Gasteiger partial charge in [0.2, 0.25) is 0 Å². The number of hydrogen-bond donors (Lipinski definition) is 1. The molecule has 0 fully saturated rings. The van der Waals surface area contributed by atoms with E-state index in [1.165, 1.54) is 0 Å². The van der Waals surface area contributed by atoms with E-state index < -0.39 is 11.4 Å². The third-order valence-electron chi connectivity index (χ3n) is 5.38. The summed E-state index contributed by atoms with van der Waals surface area (Å²) in [6.07, 6.45) is 3.17. The van der Waals surface area contributed by atoms with Crippen molar-refractivity contribution in [2.24, 2.45) is 0 Å². The number of amides is 1. The molecule has 170 valence electrons. The zero-order valence-electron chi connectivity index (χ0n) is 18.8. The highest BCUT2D eigenvalue weighted by atomic mass is 16.7. The van der Waals surface area contributed by atoms with Crippen molar-refractivity contribution in [3.63, 3.8) is 0 Å². The number of hydrogen-bond acceptors (Lipinski definition) is 6. The summed E-state index contributed by atoms with van der Waals surface area (Å²) in [5, 5.41) is 10.3. The number of carbonyl (C=O) groups is 2. The summed E-state index contributed by atoms with van der Waals surface area (Å²) in [4.78, 5) is 27.5. The molecule has 32 heavy (non-hydrogen) atoms. The lowest BCUT2D eigenvalue weighted by Gasteiger charge is -2.28. The molecule has 0 saturated heterocycles. The van der Waals surface area contributed by atoms with Gasteiger partial charge in [-0.05, 0) is 48.2 Å². The highest BCUT2D eigenvalue weighted by molar-refractivity contribution is 5.77. The van der Waals surface area contributed by atoms with E-state index in [0.717, 1.165) is 35.5 Å². The Labute approximate surface area is 189 Å². The van der Waals surface area contributed by atoms with Gasteiger partial charge in [0.25, 0.3) is 5.91 Å². The van der Waals surface area contributed by atoms with Crippen LogP contribution in [0.1, 0.15) is 56.6 Å². The monoisotopic (exact) mass is 438 g/mol. The number of nitriles is 1. The smallest absolute Gasteiger partial charge is 0.331 e. The van der Waals surface area contributed by atoms with Crippen molar-refractivity contribution in [3.05, 3.63) is 59.7 Å². The van der Waals surface area contributed by atoms with Gasteiger partial charge >= 0.3 is 5.97 Å². The van der Waals surface area contributed by atoms with Gasteiger partial charge in [0.05, 0.1) is 20.3 Å². The molecule has 0 unspecified atom stereocenters. The molecule has 0 radical (unpaired) electrons. The predicted octanol–water partition coefficient (Wildman–Crippen LogP) is 4.45. The summed E-state index contributed by atoms with van der Waals surface area (Å²) in [6, 6.07) is 17.6. The minimum Gasteiger partial charge on any atom is -0.497 e. The Morgan fingerprint density at radius 1 is 0.906 bits per heavy atom. The van der Waals surface area contributed by atoms with E-state index in [1.807, 2.05) is 48.5 Å². The first-order chi connectivity index (χ1) is 15.5. The largest absolute Gasteiger partial charge is 0.497 e. The standard InChI is InChI=1S/C25H30N2O5/c1-4-24(29)32-27-23(28)8-6-5-7-17-25(18-26,19-9-13-21(30-2)14-10-19)20-11-15-22(31-3)16-12-20/h9-16H,4-8,17H2,1-3H3,(H,27,28). The molecule has 7 heteroatoms. The first-order valence-corrected chi connectivity index (χ1v) is 10.7. The number of nitrogens with one attached hydrogen (secondary N) is 1. The average Bonchev–Trinajstić information content (AvgIpc) is 2.85. The van der Waals surface area contributed by atoms with E-state index in [9.17, 15) is 14.9 Å². The maximum atomic E-state index is 11.8. The maximum Gasteiger partial charge on any atom is 0.331 e. The van der Waals surface area contributed by atoms with Crippen molar-refractivity contribution >= 4 is 11.9 Å². The molecule has 2 aromatic rings. The molecular weight excluding hydrogens is 408 g/mol. The first kappa shape index (κ1) is 24.7. The maximum absolute atomic E-state index is 11.8. The lowest BCUT2D eigenvalue weighted by molar-refractivity contribution is -0.158. The molecule has 2 rings (SSSR count). The molecule has 2 aromatic carbocycles. The Balaban J connectivity index is 2.09. The Morgan fingerprint density at radius 2 is 1.44 bits per heavy atom. The molecule has 0 aromatic heterocycles. The van der Waals surface area contributed by atoms with Gasteiger partial charge in [0.1, 0.15) is 16.9 Å². The zero-order chi connectivity index (χ0) is 23.4. The van der Waals surface area contributed by atoms with Crippen LogP contribution < -0.4 is 15.0 Å². The van der Waals surface area contributed by atoms with E-state index in [1.54, 1.807) is 21.1 Å². The lowest BCUT2D eigenvalue weighted by atomic mass is 9.72. The molecular formula is C25H30N2O5. The summed E-state index contributed by atoms with van der Waals surface area (Å²) in [6.45, 7) is 1.65. The highest BCUT2D eigenvalue weighted by Crippen LogP contribution is 2.38. The van der Waals surface area contributed by atoms with Crippen LogP contribution in [0, 0.1) is 11.3 Å². The third kappa shape index (κ3) is 6.48. The minimum atomic E-state index is -0.836. The fourth-order valence-corrected chi connectivity index (χ4v) is 3.48.